The Morgan fingerprint density at radius 3 is 2.60 bits per heavy atom. The molecular weight excluding hydrogens is 344 g/mol. The molecule has 2 N–H and O–H groups in total. The van der Waals surface area contributed by atoms with Gasteiger partial charge in [0.15, 0.2) is 0 Å². The topological polar surface area (TPSA) is 104 Å². The van der Waals surface area contributed by atoms with Gasteiger partial charge in [0, 0.05) is 18.2 Å². The van der Waals surface area contributed by atoms with Crippen molar-refractivity contribution in [1.82, 2.24) is 9.62 Å². The quantitative estimate of drug-likeness (QED) is 0.690. The SMILES string of the molecule is CCC(C)N(CC(=O)O)C(=O)c1cccc(S(=O)(=O)NCC2CC2)c1. The van der Waals surface area contributed by atoms with Crippen molar-refractivity contribution in [1.29, 1.82) is 0 Å². The van der Waals surface area contributed by atoms with Crippen LogP contribution >= 0.6 is 0 Å². The number of nitrogens with one attached hydrogen (secondary N) is 1. The van der Waals surface area contributed by atoms with E-state index in [1.54, 1.807) is 6.92 Å². The van der Waals surface area contributed by atoms with Gasteiger partial charge in [-0.1, -0.05) is 13.0 Å². The van der Waals surface area contributed by atoms with E-state index in [9.17, 15) is 18.0 Å². The van der Waals surface area contributed by atoms with E-state index in [4.69, 9.17) is 5.11 Å². The normalized spacial score (nSPS) is 15.6. The molecule has 0 spiro atoms. The number of benzene rings is 1. The molecule has 0 aliphatic heterocycles. The van der Waals surface area contributed by atoms with Gasteiger partial charge in [0.2, 0.25) is 10.0 Å². The average Bonchev–Trinajstić information content (AvgIpc) is 3.41. The zero-order chi connectivity index (χ0) is 18.6. The molecule has 1 unspecified atom stereocenters. The van der Waals surface area contributed by atoms with Gasteiger partial charge in [0.25, 0.3) is 5.91 Å². The van der Waals surface area contributed by atoms with Crippen molar-refractivity contribution in [2.75, 3.05) is 13.1 Å². The van der Waals surface area contributed by atoms with Gasteiger partial charge in [-0.25, -0.2) is 13.1 Å². The molecule has 1 saturated carbocycles. The highest BCUT2D eigenvalue weighted by Crippen LogP contribution is 2.28. The zero-order valence-electron chi connectivity index (χ0n) is 14.4. The zero-order valence-corrected chi connectivity index (χ0v) is 15.3. The molecule has 1 atom stereocenters. The molecule has 0 aromatic heterocycles. The number of carboxylic acid groups (broad SMARTS) is 1. The first-order chi connectivity index (χ1) is 11.7. The van der Waals surface area contributed by atoms with E-state index in [0.29, 0.717) is 18.9 Å². The van der Waals surface area contributed by atoms with Crippen molar-refractivity contribution < 1.29 is 23.1 Å². The van der Waals surface area contributed by atoms with Crippen LogP contribution < -0.4 is 4.72 Å². The van der Waals surface area contributed by atoms with Crippen LogP contribution in [0.25, 0.3) is 0 Å². The molecule has 0 heterocycles. The van der Waals surface area contributed by atoms with Crippen LogP contribution in [-0.2, 0) is 14.8 Å². The maximum absolute atomic E-state index is 12.7. The number of hydrogen-bond donors (Lipinski definition) is 2. The standard InChI is InChI=1S/C17H24N2O5S/c1-3-12(2)19(11-16(20)21)17(22)14-5-4-6-15(9-14)25(23,24)18-10-13-7-8-13/h4-6,9,12-13,18H,3,7-8,10-11H2,1-2H3,(H,20,21). The molecule has 0 saturated heterocycles. The third-order valence-electron chi connectivity index (χ3n) is 4.34. The van der Waals surface area contributed by atoms with Gasteiger partial charge < -0.3 is 10.0 Å². The second kappa shape index (κ2) is 7.97. The number of carboxylic acids is 1. The maximum Gasteiger partial charge on any atom is 0.323 e. The minimum absolute atomic E-state index is 0.0124. The summed E-state index contributed by atoms with van der Waals surface area (Å²) >= 11 is 0. The smallest absolute Gasteiger partial charge is 0.323 e. The van der Waals surface area contributed by atoms with Crippen molar-refractivity contribution >= 4 is 21.9 Å². The molecule has 1 amide bonds. The number of sulfonamides is 1. The van der Waals surface area contributed by atoms with Gasteiger partial charge >= 0.3 is 5.97 Å². The Morgan fingerprint density at radius 2 is 2.04 bits per heavy atom. The van der Waals surface area contributed by atoms with E-state index < -0.39 is 28.4 Å². The van der Waals surface area contributed by atoms with Crippen molar-refractivity contribution in [3.63, 3.8) is 0 Å². The van der Waals surface area contributed by atoms with E-state index in [-0.39, 0.29) is 16.5 Å². The Bertz CT molecular complexity index is 743. The average molecular weight is 368 g/mol. The van der Waals surface area contributed by atoms with Crippen molar-refractivity contribution in [2.45, 2.75) is 44.0 Å². The summed E-state index contributed by atoms with van der Waals surface area (Å²) in [5.74, 6) is -1.20. The monoisotopic (exact) mass is 368 g/mol. The summed E-state index contributed by atoms with van der Waals surface area (Å²) in [5, 5.41) is 9.04. The Labute approximate surface area is 148 Å². The summed E-state index contributed by atoms with van der Waals surface area (Å²) < 4.78 is 27.2. The number of carbonyl (C=O) groups excluding carboxylic acids is 1. The predicted molar refractivity (Wildman–Crippen MR) is 92.8 cm³/mol. The van der Waals surface area contributed by atoms with Crippen molar-refractivity contribution in [3.05, 3.63) is 29.8 Å². The summed E-state index contributed by atoms with van der Waals surface area (Å²) in [5.41, 5.74) is 0.163. The molecule has 0 bridgehead atoms. The van der Waals surface area contributed by atoms with Crippen molar-refractivity contribution in [3.8, 4) is 0 Å². The second-order valence-corrected chi connectivity index (χ2v) is 8.17. The van der Waals surface area contributed by atoms with E-state index in [2.05, 4.69) is 4.72 Å². The Hall–Kier alpha value is -1.93. The van der Waals surface area contributed by atoms with Crippen LogP contribution in [0.15, 0.2) is 29.2 Å². The molecule has 1 fully saturated rings. The molecular formula is C17H24N2O5S. The highest BCUT2D eigenvalue weighted by molar-refractivity contribution is 7.89. The summed E-state index contributed by atoms with van der Waals surface area (Å²) in [7, 11) is -3.68. The van der Waals surface area contributed by atoms with Gasteiger partial charge in [0.1, 0.15) is 6.54 Å². The lowest BCUT2D eigenvalue weighted by Gasteiger charge is -2.27. The third kappa shape index (κ3) is 5.27. The molecule has 1 aromatic carbocycles. The fourth-order valence-electron chi connectivity index (χ4n) is 2.39. The first kappa shape index (κ1) is 19.4. The van der Waals surface area contributed by atoms with Gasteiger partial charge in [0.05, 0.1) is 4.90 Å². The van der Waals surface area contributed by atoms with Crippen LogP contribution in [0.2, 0.25) is 0 Å². The van der Waals surface area contributed by atoms with Crippen LogP contribution in [-0.4, -0.2) is 49.4 Å². The number of nitrogens with zero attached hydrogens (tertiary/aromatic N) is 1. The number of carbonyl (C=O) groups is 2. The van der Waals surface area contributed by atoms with Crippen LogP contribution in [0.4, 0.5) is 0 Å². The molecule has 7 nitrogen and oxygen atoms in total. The summed E-state index contributed by atoms with van der Waals surface area (Å²) in [6.07, 6.45) is 2.65. The number of hydrogen-bond acceptors (Lipinski definition) is 4. The Balaban J connectivity index is 2.22. The molecule has 1 aliphatic carbocycles. The van der Waals surface area contributed by atoms with E-state index >= 15 is 0 Å². The first-order valence-electron chi connectivity index (χ1n) is 8.37. The van der Waals surface area contributed by atoms with E-state index in [1.807, 2.05) is 6.92 Å². The van der Waals surface area contributed by atoms with Gasteiger partial charge in [-0.15, -0.1) is 0 Å². The van der Waals surface area contributed by atoms with Gasteiger partial charge in [-0.05, 0) is 50.3 Å². The molecule has 0 radical (unpaired) electrons. The molecule has 1 aromatic rings. The summed E-state index contributed by atoms with van der Waals surface area (Å²) in [6, 6.07) is 5.45. The molecule has 8 heteroatoms. The second-order valence-electron chi connectivity index (χ2n) is 6.41. The summed E-state index contributed by atoms with van der Waals surface area (Å²) in [6.45, 7) is 3.59. The molecule has 138 valence electrons. The third-order valence-corrected chi connectivity index (χ3v) is 5.76. The van der Waals surface area contributed by atoms with Crippen LogP contribution in [0, 0.1) is 5.92 Å². The number of amides is 1. The number of aliphatic carboxylic acids is 1. The van der Waals surface area contributed by atoms with Gasteiger partial charge in [-0.3, -0.25) is 9.59 Å². The first-order valence-corrected chi connectivity index (χ1v) is 9.85. The highest BCUT2D eigenvalue weighted by Gasteiger charge is 2.26. The van der Waals surface area contributed by atoms with Crippen LogP contribution in [0.5, 0.6) is 0 Å². The van der Waals surface area contributed by atoms with Crippen LogP contribution in [0.1, 0.15) is 43.5 Å². The lowest BCUT2D eigenvalue weighted by atomic mass is 10.1. The fraction of sp³-hybridized carbons (Fsp3) is 0.529. The lowest BCUT2D eigenvalue weighted by Crippen LogP contribution is -2.41. The Morgan fingerprint density at radius 1 is 1.36 bits per heavy atom. The van der Waals surface area contributed by atoms with Gasteiger partial charge in [-0.2, -0.15) is 0 Å². The molecule has 1 aliphatic rings. The van der Waals surface area contributed by atoms with E-state index in [0.717, 1.165) is 12.8 Å². The van der Waals surface area contributed by atoms with E-state index in [1.165, 1.54) is 29.2 Å². The summed E-state index contributed by atoms with van der Waals surface area (Å²) in [4.78, 5) is 25.0. The van der Waals surface area contributed by atoms with Crippen LogP contribution in [0.3, 0.4) is 0 Å². The Kier molecular flexibility index (Phi) is 6.18. The maximum atomic E-state index is 12.7. The minimum Gasteiger partial charge on any atom is -0.480 e. The van der Waals surface area contributed by atoms with Crippen molar-refractivity contribution in [2.24, 2.45) is 5.92 Å². The largest absolute Gasteiger partial charge is 0.480 e. The molecule has 25 heavy (non-hydrogen) atoms. The highest BCUT2D eigenvalue weighted by atomic mass is 32.2. The fourth-order valence-corrected chi connectivity index (χ4v) is 3.55. The number of rotatable bonds is 9. The lowest BCUT2D eigenvalue weighted by molar-refractivity contribution is -0.138. The molecule has 2 rings (SSSR count). The predicted octanol–water partition coefficient (Wildman–Crippen LogP) is 1.70. The minimum atomic E-state index is -3.68.